The quantitative estimate of drug-likeness (QED) is 0.378. The zero-order valence-corrected chi connectivity index (χ0v) is 20.1. The molecule has 4 aromatic rings. The van der Waals surface area contributed by atoms with E-state index >= 15 is 0 Å². The molecule has 1 N–H and O–H groups in total. The normalized spacial score (nSPS) is 12.0. The Morgan fingerprint density at radius 3 is 2.72 bits per heavy atom. The SMILES string of the molecule is Cc1cc(NC(=O)Cc2cc(C#N)ccc2OCc2ccccc2)ccc1-c1ncnc2c1CCC2. The van der Waals surface area contributed by atoms with Crippen molar-refractivity contribution in [3.63, 3.8) is 0 Å². The minimum Gasteiger partial charge on any atom is -0.489 e. The molecule has 1 aliphatic carbocycles. The second-order valence-electron chi connectivity index (χ2n) is 8.96. The third-order valence-corrected chi connectivity index (χ3v) is 6.42. The third-order valence-electron chi connectivity index (χ3n) is 6.42. The number of fused-ring (bicyclic) bond motifs is 1. The van der Waals surface area contributed by atoms with E-state index in [9.17, 15) is 10.1 Å². The Kier molecular flexibility index (Phi) is 6.72. The average molecular weight is 475 g/mol. The van der Waals surface area contributed by atoms with Crippen LogP contribution in [0.2, 0.25) is 0 Å². The molecule has 1 heterocycles. The number of anilines is 1. The molecule has 0 saturated heterocycles. The highest BCUT2D eigenvalue weighted by Gasteiger charge is 2.19. The Morgan fingerprint density at radius 2 is 1.92 bits per heavy atom. The number of hydrogen-bond donors (Lipinski definition) is 1. The van der Waals surface area contributed by atoms with E-state index in [2.05, 4.69) is 21.4 Å². The fourth-order valence-corrected chi connectivity index (χ4v) is 4.64. The van der Waals surface area contributed by atoms with Gasteiger partial charge in [0, 0.05) is 28.1 Å². The van der Waals surface area contributed by atoms with Gasteiger partial charge in [-0.3, -0.25) is 4.79 Å². The first-order valence-corrected chi connectivity index (χ1v) is 12.0. The van der Waals surface area contributed by atoms with E-state index in [1.165, 1.54) is 5.56 Å². The van der Waals surface area contributed by atoms with E-state index in [0.717, 1.165) is 53.0 Å². The highest BCUT2D eigenvalue weighted by atomic mass is 16.5. The molecule has 0 unspecified atom stereocenters. The second kappa shape index (κ2) is 10.4. The van der Waals surface area contributed by atoms with Gasteiger partial charge in [-0.15, -0.1) is 0 Å². The minimum atomic E-state index is -0.176. The van der Waals surface area contributed by atoms with Gasteiger partial charge >= 0.3 is 0 Å². The number of amides is 1. The summed E-state index contributed by atoms with van der Waals surface area (Å²) < 4.78 is 5.99. The van der Waals surface area contributed by atoms with Crippen LogP contribution in [0, 0.1) is 18.3 Å². The number of carbonyl (C=O) groups is 1. The molecule has 36 heavy (non-hydrogen) atoms. The summed E-state index contributed by atoms with van der Waals surface area (Å²) in [5, 5.41) is 12.3. The van der Waals surface area contributed by atoms with Crippen molar-refractivity contribution in [1.82, 2.24) is 9.97 Å². The van der Waals surface area contributed by atoms with Crippen LogP contribution in [0.15, 0.2) is 73.1 Å². The molecule has 0 atom stereocenters. The number of nitrogens with one attached hydrogen (secondary N) is 1. The maximum atomic E-state index is 13.0. The van der Waals surface area contributed by atoms with Crippen LogP contribution in [0.5, 0.6) is 5.75 Å². The summed E-state index contributed by atoms with van der Waals surface area (Å²) in [6.07, 6.45) is 4.85. The Hall–Kier alpha value is -4.50. The van der Waals surface area contributed by atoms with E-state index in [1.54, 1.807) is 24.5 Å². The summed E-state index contributed by atoms with van der Waals surface area (Å²) >= 11 is 0. The maximum absolute atomic E-state index is 13.0. The van der Waals surface area contributed by atoms with E-state index in [0.29, 0.717) is 23.5 Å². The van der Waals surface area contributed by atoms with Crippen LogP contribution in [0.25, 0.3) is 11.3 Å². The molecular formula is C30H26N4O2. The van der Waals surface area contributed by atoms with E-state index in [4.69, 9.17) is 4.74 Å². The first-order valence-electron chi connectivity index (χ1n) is 12.0. The van der Waals surface area contributed by atoms with Crippen molar-refractivity contribution in [2.75, 3.05) is 5.32 Å². The Bertz CT molecular complexity index is 1460. The molecule has 0 radical (unpaired) electrons. The molecule has 1 amide bonds. The summed E-state index contributed by atoms with van der Waals surface area (Å²) in [5.74, 6) is 0.418. The number of rotatable bonds is 7. The molecule has 0 fully saturated rings. The number of carbonyl (C=O) groups excluding carboxylic acids is 1. The Morgan fingerprint density at radius 1 is 1.06 bits per heavy atom. The minimum absolute atomic E-state index is 0.0971. The molecule has 0 aliphatic heterocycles. The van der Waals surface area contributed by atoms with Gasteiger partial charge in [-0.05, 0) is 67.6 Å². The van der Waals surface area contributed by atoms with Gasteiger partial charge in [-0.25, -0.2) is 9.97 Å². The third kappa shape index (κ3) is 5.11. The van der Waals surface area contributed by atoms with Crippen molar-refractivity contribution in [2.24, 2.45) is 0 Å². The standard InChI is InChI=1S/C30H26N4O2/c1-20-14-24(11-12-25(20)30-26-8-5-9-27(26)32-19-33-30)34-29(35)16-23-15-22(17-31)10-13-28(23)36-18-21-6-3-2-4-7-21/h2-4,6-7,10-15,19H,5,8-9,16,18H2,1H3,(H,34,35). The average Bonchev–Trinajstić information content (AvgIpc) is 3.38. The predicted octanol–water partition coefficient (Wildman–Crippen LogP) is 5.57. The van der Waals surface area contributed by atoms with Gasteiger partial charge in [0.05, 0.1) is 23.7 Å². The molecule has 1 aromatic heterocycles. The molecule has 3 aromatic carbocycles. The van der Waals surface area contributed by atoms with Gasteiger partial charge in [-0.1, -0.05) is 36.4 Å². The first-order chi connectivity index (χ1) is 17.6. The number of aryl methyl sites for hydroxylation is 2. The van der Waals surface area contributed by atoms with E-state index in [1.807, 2.05) is 55.5 Å². The maximum Gasteiger partial charge on any atom is 0.228 e. The van der Waals surface area contributed by atoms with Crippen LogP contribution in [-0.4, -0.2) is 15.9 Å². The van der Waals surface area contributed by atoms with Gasteiger partial charge in [0.25, 0.3) is 0 Å². The summed E-state index contributed by atoms with van der Waals surface area (Å²) in [6.45, 7) is 2.41. The predicted molar refractivity (Wildman–Crippen MR) is 138 cm³/mol. The zero-order valence-electron chi connectivity index (χ0n) is 20.1. The van der Waals surface area contributed by atoms with E-state index < -0.39 is 0 Å². The van der Waals surface area contributed by atoms with E-state index in [-0.39, 0.29) is 12.3 Å². The number of hydrogen-bond acceptors (Lipinski definition) is 5. The fourth-order valence-electron chi connectivity index (χ4n) is 4.64. The van der Waals surface area contributed by atoms with Gasteiger partial charge in [0.2, 0.25) is 5.91 Å². The number of nitrogens with zero attached hydrogens (tertiary/aromatic N) is 3. The number of aromatic nitrogens is 2. The molecular weight excluding hydrogens is 448 g/mol. The number of ether oxygens (including phenoxy) is 1. The van der Waals surface area contributed by atoms with Gasteiger partial charge in [-0.2, -0.15) is 5.26 Å². The molecule has 0 bridgehead atoms. The lowest BCUT2D eigenvalue weighted by molar-refractivity contribution is -0.115. The first kappa shape index (κ1) is 23.3. The topological polar surface area (TPSA) is 87.9 Å². The van der Waals surface area contributed by atoms with Crippen LogP contribution in [-0.2, 0) is 30.7 Å². The van der Waals surface area contributed by atoms with Crippen molar-refractivity contribution >= 4 is 11.6 Å². The van der Waals surface area contributed by atoms with Crippen molar-refractivity contribution < 1.29 is 9.53 Å². The van der Waals surface area contributed by atoms with Gasteiger partial charge in [0.1, 0.15) is 18.7 Å². The van der Waals surface area contributed by atoms with Crippen molar-refractivity contribution in [3.8, 4) is 23.1 Å². The smallest absolute Gasteiger partial charge is 0.228 e. The van der Waals surface area contributed by atoms with Crippen LogP contribution >= 0.6 is 0 Å². The van der Waals surface area contributed by atoms with Crippen LogP contribution in [0.3, 0.4) is 0 Å². The van der Waals surface area contributed by atoms with Crippen LogP contribution in [0.4, 0.5) is 5.69 Å². The monoisotopic (exact) mass is 474 g/mol. The molecule has 6 heteroatoms. The summed E-state index contributed by atoms with van der Waals surface area (Å²) in [4.78, 5) is 21.9. The summed E-state index contributed by atoms with van der Waals surface area (Å²) in [7, 11) is 0. The molecule has 5 rings (SSSR count). The lowest BCUT2D eigenvalue weighted by atomic mass is 10.00. The highest BCUT2D eigenvalue weighted by Crippen LogP contribution is 2.32. The van der Waals surface area contributed by atoms with Crippen LogP contribution in [0.1, 0.15) is 39.9 Å². The molecule has 0 spiro atoms. The van der Waals surface area contributed by atoms with Gasteiger partial charge in [0.15, 0.2) is 0 Å². The van der Waals surface area contributed by atoms with Crippen molar-refractivity contribution in [2.45, 2.75) is 39.2 Å². The lowest BCUT2D eigenvalue weighted by Crippen LogP contribution is -2.15. The Labute approximate surface area is 210 Å². The molecule has 1 aliphatic rings. The summed E-state index contributed by atoms with van der Waals surface area (Å²) in [6, 6.07) is 23.0. The van der Waals surface area contributed by atoms with Crippen molar-refractivity contribution in [1.29, 1.82) is 5.26 Å². The highest BCUT2D eigenvalue weighted by molar-refractivity contribution is 5.93. The Balaban J connectivity index is 1.31. The molecule has 0 saturated carbocycles. The second-order valence-corrected chi connectivity index (χ2v) is 8.96. The molecule has 6 nitrogen and oxygen atoms in total. The fraction of sp³-hybridized carbons (Fsp3) is 0.200. The number of nitriles is 1. The molecule has 178 valence electrons. The summed E-state index contributed by atoms with van der Waals surface area (Å²) in [5.41, 5.74) is 8.37. The lowest BCUT2D eigenvalue weighted by Gasteiger charge is -2.14. The van der Waals surface area contributed by atoms with Gasteiger partial charge < -0.3 is 10.1 Å². The largest absolute Gasteiger partial charge is 0.489 e. The van der Waals surface area contributed by atoms with Crippen molar-refractivity contribution in [3.05, 3.63) is 107 Å². The number of benzene rings is 3. The zero-order chi connectivity index (χ0) is 24.9. The van der Waals surface area contributed by atoms with Crippen LogP contribution < -0.4 is 10.1 Å².